The lowest BCUT2D eigenvalue weighted by Gasteiger charge is -2.40. The van der Waals surface area contributed by atoms with E-state index < -0.39 is 27.4 Å². The highest BCUT2D eigenvalue weighted by molar-refractivity contribution is 7.89. The number of alkyl halides is 3. The minimum atomic E-state index is -4.62. The van der Waals surface area contributed by atoms with Crippen LogP contribution in [0.15, 0.2) is 52.2 Å². The monoisotopic (exact) mass is 522 g/mol. The van der Waals surface area contributed by atoms with Crippen LogP contribution in [0.3, 0.4) is 0 Å². The number of H-pyrrole nitrogens is 1. The average molecular weight is 523 g/mol. The van der Waals surface area contributed by atoms with Gasteiger partial charge in [0.05, 0.1) is 21.2 Å². The summed E-state index contributed by atoms with van der Waals surface area (Å²) in [6.07, 6.45) is -4.10. The SMILES string of the molecule is CC1(CN2CCCN(S(=O)(=O)c3cccc(C(F)(F)F)c3)CC2)Nc2cccc3c(=O)[nH]nc(c23)N1. The van der Waals surface area contributed by atoms with Crippen molar-refractivity contribution in [3.05, 3.63) is 58.4 Å². The second kappa shape index (κ2) is 8.75. The number of aromatic nitrogens is 2. The first-order chi connectivity index (χ1) is 17.0. The lowest BCUT2D eigenvalue weighted by atomic mass is 10.0. The van der Waals surface area contributed by atoms with Crippen molar-refractivity contribution in [3.8, 4) is 0 Å². The van der Waals surface area contributed by atoms with Crippen LogP contribution in [0.5, 0.6) is 0 Å². The normalized spacial score (nSPS) is 21.6. The number of halogens is 3. The standard InChI is InChI=1S/C23H25F3N6O3S/c1-22(27-18-8-3-7-17-19(18)20(28-22)29-30-21(17)33)14-31-9-4-10-32(12-11-31)36(34,35)16-6-2-5-15(13-16)23(24,25)26/h2-3,5-8,13,27H,4,9-12,14H2,1H3,(H,28,29)(H,30,33). The molecule has 3 N–H and O–H groups in total. The van der Waals surface area contributed by atoms with Crippen LogP contribution < -0.4 is 16.2 Å². The maximum atomic E-state index is 13.1. The van der Waals surface area contributed by atoms with Gasteiger partial charge in [-0.25, -0.2) is 13.5 Å². The highest BCUT2D eigenvalue weighted by atomic mass is 32.2. The van der Waals surface area contributed by atoms with Crippen molar-refractivity contribution < 1.29 is 21.6 Å². The summed E-state index contributed by atoms with van der Waals surface area (Å²) in [4.78, 5) is 13.9. The van der Waals surface area contributed by atoms with Gasteiger partial charge in [0.1, 0.15) is 5.66 Å². The molecule has 5 rings (SSSR count). The third-order valence-corrected chi connectivity index (χ3v) is 8.40. The van der Waals surface area contributed by atoms with Crippen molar-refractivity contribution in [2.75, 3.05) is 43.4 Å². The second-order valence-corrected chi connectivity index (χ2v) is 11.2. The van der Waals surface area contributed by atoms with Crippen LogP contribution in [0.1, 0.15) is 18.9 Å². The first-order valence-electron chi connectivity index (χ1n) is 11.4. The number of nitrogens with zero attached hydrogens (tertiary/aromatic N) is 3. The average Bonchev–Trinajstić information content (AvgIpc) is 3.06. The lowest BCUT2D eigenvalue weighted by molar-refractivity contribution is -0.137. The summed E-state index contributed by atoms with van der Waals surface area (Å²) in [7, 11) is -4.08. The van der Waals surface area contributed by atoms with E-state index in [2.05, 4.69) is 25.7 Å². The quantitative estimate of drug-likeness (QED) is 0.483. The summed E-state index contributed by atoms with van der Waals surface area (Å²) in [5, 5.41) is 14.7. The van der Waals surface area contributed by atoms with Crippen molar-refractivity contribution in [1.29, 1.82) is 0 Å². The Labute approximate surface area is 205 Å². The molecule has 1 unspecified atom stereocenters. The molecule has 0 saturated carbocycles. The fourth-order valence-corrected chi connectivity index (χ4v) is 6.37. The fourth-order valence-electron chi connectivity index (χ4n) is 4.86. The van der Waals surface area contributed by atoms with E-state index in [1.807, 2.05) is 13.0 Å². The zero-order chi connectivity index (χ0) is 25.7. The topological polar surface area (TPSA) is 110 Å². The molecule has 0 radical (unpaired) electrons. The van der Waals surface area contributed by atoms with E-state index >= 15 is 0 Å². The highest BCUT2D eigenvalue weighted by Gasteiger charge is 2.36. The van der Waals surface area contributed by atoms with Crippen molar-refractivity contribution in [2.45, 2.75) is 30.1 Å². The molecule has 3 aromatic rings. The Morgan fingerprint density at radius 1 is 1.06 bits per heavy atom. The van der Waals surface area contributed by atoms with E-state index in [4.69, 9.17) is 0 Å². The molecular formula is C23H25F3N6O3S. The van der Waals surface area contributed by atoms with Gasteiger partial charge >= 0.3 is 6.18 Å². The number of hydrogen-bond acceptors (Lipinski definition) is 7. The molecular weight excluding hydrogens is 497 g/mol. The third-order valence-electron chi connectivity index (χ3n) is 6.51. The van der Waals surface area contributed by atoms with Gasteiger partial charge in [-0.1, -0.05) is 12.1 Å². The number of benzene rings is 2. The number of sulfonamides is 1. The Hall–Kier alpha value is -3.16. The van der Waals surface area contributed by atoms with Gasteiger partial charge in [0.2, 0.25) is 10.0 Å². The van der Waals surface area contributed by atoms with Crippen LogP contribution in [0.4, 0.5) is 24.7 Å². The minimum Gasteiger partial charge on any atom is -0.361 e. The number of aromatic amines is 1. The summed E-state index contributed by atoms with van der Waals surface area (Å²) in [5.74, 6) is 0.546. The summed E-state index contributed by atoms with van der Waals surface area (Å²) in [6, 6.07) is 9.24. The molecule has 0 aliphatic carbocycles. The summed E-state index contributed by atoms with van der Waals surface area (Å²) in [6.45, 7) is 3.78. The molecule has 2 aromatic carbocycles. The Bertz CT molecular complexity index is 1460. The van der Waals surface area contributed by atoms with Gasteiger partial charge in [-0.05, 0) is 50.2 Å². The molecule has 0 spiro atoms. The van der Waals surface area contributed by atoms with Crippen molar-refractivity contribution in [2.24, 2.45) is 0 Å². The smallest absolute Gasteiger partial charge is 0.361 e. The minimum absolute atomic E-state index is 0.145. The second-order valence-electron chi connectivity index (χ2n) is 9.27. The molecule has 9 nitrogen and oxygen atoms in total. The van der Waals surface area contributed by atoms with E-state index in [9.17, 15) is 26.4 Å². The Kier molecular flexibility index (Phi) is 5.96. The zero-order valence-electron chi connectivity index (χ0n) is 19.4. The molecule has 0 bridgehead atoms. The summed E-state index contributed by atoms with van der Waals surface area (Å²) in [5.41, 5.74) is -1.17. The van der Waals surface area contributed by atoms with E-state index in [0.29, 0.717) is 48.7 Å². The van der Waals surface area contributed by atoms with Gasteiger partial charge in [-0.2, -0.15) is 22.6 Å². The maximum Gasteiger partial charge on any atom is 0.416 e. The van der Waals surface area contributed by atoms with E-state index in [-0.39, 0.29) is 23.5 Å². The van der Waals surface area contributed by atoms with Crippen LogP contribution >= 0.6 is 0 Å². The van der Waals surface area contributed by atoms with Gasteiger partial charge in [0.25, 0.3) is 5.56 Å². The fraction of sp³-hybridized carbons (Fsp3) is 0.391. The number of hydrogen-bond donors (Lipinski definition) is 3. The van der Waals surface area contributed by atoms with Crippen LogP contribution in [0, 0.1) is 0 Å². The first-order valence-corrected chi connectivity index (χ1v) is 12.9. The number of nitrogens with one attached hydrogen (secondary N) is 3. The molecule has 3 heterocycles. The summed E-state index contributed by atoms with van der Waals surface area (Å²) < 4.78 is 66.8. The van der Waals surface area contributed by atoms with Gasteiger partial charge in [0.15, 0.2) is 5.82 Å². The van der Waals surface area contributed by atoms with E-state index in [1.165, 1.54) is 10.4 Å². The Morgan fingerprint density at radius 3 is 2.61 bits per heavy atom. The Balaban J connectivity index is 1.31. The maximum absolute atomic E-state index is 13.1. The van der Waals surface area contributed by atoms with Crippen LogP contribution in [-0.4, -0.2) is 66.2 Å². The lowest BCUT2D eigenvalue weighted by Crippen LogP contribution is -2.54. The van der Waals surface area contributed by atoms with E-state index in [0.717, 1.165) is 17.8 Å². The number of anilines is 2. The molecule has 2 aliphatic rings. The Morgan fingerprint density at radius 2 is 1.83 bits per heavy atom. The molecule has 1 fully saturated rings. The number of rotatable bonds is 4. The predicted molar refractivity (Wildman–Crippen MR) is 129 cm³/mol. The van der Waals surface area contributed by atoms with E-state index in [1.54, 1.807) is 12.1 Å². The predicted octanol–water partition coefficient (Wildman–Crippen LogP) is 2.89. The molecule has 2 aliphatic heterocycles. The first kappa shape index (κ1) is 24.5. The van der Waals surface area contributed by atoms with Crippen LogP contribution in [0.25, 0.3) is 10.8 Å². The molecule has 1 atom stereocenters. The zero-order valence-corrected chi connectivity index (χ0v) is 20.2. The molecule has 13 heteroatoms. The van der Waals surface area contributed by atoms with Crippen molar-refractivity contribution >= 4 is 32.3 Å². The largest absolute Gasteiger partial charge is 0.416 e. The molecule has 1 saturated heterocycles. The van der Waals surface area contributed by atoms with Crippen molar-refractivity contribution in [3.63, 3.8) is 0 Å². The van der Waals surface area contributed by atoms with Crippen molar-refractivity contribution in [1.82, 2.24) is 19.4 Å². The summed E-state index contributed by atoms with van der Waals surface area (Å²) >= 11 is 0. The molecule has 0 amide bonds. The highest BCUT2D eigenvalue weighted by Crippen LogP contribution is 2.35. The third kappa shape index (κ3) is 4.53. The van der Waals surface area contributed by atoms with Gasteiger partial charge in [-0.3, -0.25) is 9.69 Å². The van der Waals surface area contributed by atoms with Gasteiger partial charge < -0.3 is 10.6 Å². The van der Waals surface area contributed by atoms with Gasteiger partial charge in [-0.15, -0.1) is 0 Å². The van der Waals surface area contributed by atoms with Gasteiger partial charge in [0, 0.05) is 31.9 Å². The molecule has 1 aromatic heterocycles. The van der Waals surface area contributed by atoms with Crippen LogP contribution in [0.2, 0.25) is 0 Å². The molecule has 192 valence electrons. The molecule has 36 heavy (non-hydrogen) atoms. The van der Waals surface area contributed by atoms with Crippen LogP contribution in [-0.2, 0) is 16.2 Å².